The van der Waals surface area contributed by atoms with Crippen molar-refractivity contribution in [1.29, 1.82) is 0 Å². The van der Waals surface area contributed by atoms with E-state index in [0.29, 0.717) is 50.1 Å². The van der Waals surface area contributed by atoms with Gasteiger partial charge in [-0.05, 0) is 58.5 Å². The molecule has 2 aromatic rings. The van der Waals surface area contributed by atoms with E-state index in [9.17, 15) is 9.59 Å². The van der Waals surface area contributed by atoms with E-state index >= 15 is 0 Å². The quantitative estimate of drug-likeness (QED) is 0.277. The number of nitrogens with zero attached hydrogens (tertiary/aromatic N) is 3. The Labute approximate surface area is 212 Å². The molecule has 1 fully saturated rings. The lowest BCUT2D eigenvalue weighted by atomic mass is 10.1. The molecule has 6 N–H and O–H groups in total. The Kier molecular flexibility index (Phi) is 9.83. The van der Waals surface area contributed by atoms with Crippen molar-refractivity contribution in [3.63, 3.8) is 0 Å². The van der Waals surface area contributed by atoms with E-state index in [0.717, 1.165) is 24.2 Å². The van der Waals surface area contributed by atoms with Crippen LogP contribution in [0.4, 0.5) is 23.0 Å². The minimum Gasteiger partial charge on any atom is -0.383 e. The van der Waals surface area contributed by atoms with Gasteiger partial charge in [-0.15, -0.1) is 0 Å². The van der Waals surface area contributed by atoms with Crippen LogP contribution in [0.1, 0.15) is 42.9 Å². The van der Waals surface area contributed by atoms with Gasteiger partial charge in [0.2, 0.25) is 5.91 Å². The maximum absolute atomic E-state index is 12.2. The van der Waals surface area contributed by atoms with Crippen LogP contribution < -0.4 is 27.0 Å². The zero-order valence-corrected chi connectivity index (χ0v) is 21.6. The molecule has 1 aromatic carbocycles. The van der Waals surface area contributed by atoms with E-state index in [-0.39, 0.29) is 23.7 Å². The van der Waals surface area contributed by atoms with E-state index < -0.39 is 5.91 Å². The van der Waals surface area contributed by atoms with Gasteiger partial charge in [0.1, 0.15) is 0 Å². The van der Waals surface area contributed by atoms with Crippen LogP contribution in [0.15, 0.2) is 24.3 Å². The van der Waals surface area contributed by atoms with Crippen LogP contribution in [0.3, 0.4) is 0 Å². The van der Waals surface area contributed by atoms with Gasteiger partial charge in [0.25, 0.3) is 5.91 Å². The molecule has 2 amide bonds. The maximum atomic E-state index is 12.2. The molecule has 1 saturated heterocycles. The standard InChI is InChI=1S/C25H38N8O3/c1-5-20-23(29-17-9-13-36-14-10-17)32-24(21(31-20)22(26)34)30-19-8-6-7-18(15-19)27-11-12-28-25(35)16(2)33(3)4/h6-8,15-17,27H,5,9-14H2,1-4H3,(H2,26,34)(H,28,35)(H2,29,30,32). The Balaban J connectivity index is 1.69. The predicted octanol–water partition coefficient (Wildman–Crippen LogP) is 1.95. The van der Waals surface area contributed by atoms with Gasteiger partial charge in [-0.25, -0.2) is 9.97 Å². The number of primary amides is 1. The van der Waals surface area contributed by atoms with E-state index in [4.69, 9.17) is 15.5 Å². The number of hydrogen-bond donors (Lipinski definition) is 5. The molecule has 1 unspecified atom stereocenters. The Morgan fingerprint density at radius 1 is 1.14 bits per heavy atom. The van der Waals surface area contributed by atoms with Gasteiger partial charge in [0.05, 0.1) is 11.7 Å². The monoisotopic (exact) mass is 498 g/mol. The van der Waals surface area contributed by atoms with Crippen LogP contribution in [0.5, 0.6) is 0 Å². The second-order valence-corrected chi connectivity index (χ2v) is 9.03. The van der Waals surface area contributed by atoms with Crippen LogP contribution in [-0.4, -0.2) is 79.2 Å². The Hall–Kier alpha value is -3.44. The number of carbonyl (C=O) groups excluding carboxylic acids is 2. The summed E-state index contributed by atoms with van der Waals surface area (Å²) in [7, 11) is 3.74. The number of anilines is 4. The number of hydrogen-bond acceptors (Lipinski definition) is 9. The molecule has 0 aliphatic carbocycles. The number of ether oxygens (including phenoxy) is 1. The van der Waals surface area contributed by atoms with Gasteiger partial charge >= 0.3 is 0 Å². The van der Waals surface area contributed by atoms with Crippen molar-refractivity contribution in [3.05, 3.63) is 35.7 Å². The number of nitrogens with one attached hydrogen (secondary N) is 4. The molecule has 1 aliphatic rings. The summed E-state index contributed by atoms with van der Waals surface area (Å²) in [6, 6.07) is 7.63. The number of rotatable bonds is 12. The molecule has 0 saturated carbocycles. The summed E-state index contributed by atoms with van der Waals surface area (Å²) >= 11 is 0. The molecule has 0 spiro atoms. The van der Waals surface area contributed by atoms with Gasteiger partial charge in [0.15, 0.2) is 17.3 Å². The smallest absolute Gasteiger partial charge is 0.271 e. The second kappa shape index (κ2) is 13.0. The van der Waals surface area contributed by atoms with Crippen molar-refractivity contribution in [2.75, 3.05) is 56.3 Å². The van der Waals surface area contributed by atoms with E-state index in [1.165, 1.54) is 0 Å². The van der Waals surface area contributed by atoms with Crippen molar-refractivity contribution in [1.82, 2.24) is 20.2 Å². The third-order valence-corrected chi connectivity index (χ3v) is 6.13. The SMILES string of the molecule is CCc1nc(C(N)=O)c(Nc2cccc(NCCNC(=O)C(C)N(C)C)c2)nc1NC1CCOCC1. The average Bonchev–Trinajstić information content (AvgIpc) is 2.86. The number of likely N-dealkylation sites (N-methyl/N-ethyl adjacent to an activating group) is 1. The molecule has 196 valence electrons. The van der Waals surface area contributed by atoms with Gasteiger partial charge < -0.3 is 31.7 Å². The fourth-order valence-electron chi connectivity index (χ4n) is 3.74. The summed E-state index contributed by atoms with van der Waals surface area (Å²) < 4.78 is 5.45. The third kappa shape index (κ3) is 7.53. The van der Waals surface area contributed by atoms with Gasteiger partial charge in [-0.2, -0.15) is 0 Å². The molecule has 1 atom stereocenters. The maximum Gasteiger partial charge on any atom is 0.271 e. The van der Waals surface area contributed by atoms with Crippen LogP contribution in [0.2, 0.25) is 0 Å². The molecule has 11 heteroatoms. The first-order valence-corrected chi connectivity index (χ1v) is 12.4. The molecular weight excluding hydrogens is 460 g/mol. The first kappa shape index (κ1) is 27.2. The zero-order valence-electron chi connectivity index (χ0n) is 21.6. The highest BCUT2D eigenvalue weighted by Gasteiger charge is 2.21. The van der Waals surface area contributed by atoms with Gasteiger partial charge in [-0.1, -0.05) is 13.0 Å². The summed E-state index contributed by atoms with van der Waals surface area (Å²) in [5.74, 6) is 0.287. The predicted molar refractivity (Wildman–Crippen MR) is 142 cm³/mol. The zero-order chi connectivity index (χ0) is 26.1. The first-order valence-electron chi connectivity index (χ1n) is 12.4. The molecule has 36 heavy (non-hydrogen) atoms. The summed E-state index contributed by atoms with van der Waals surface area (Å²) in [5.41, 5.74) is 8.01. The minimum absolute atomic E-state index is 0.0181. The topological polar surface area (TPSA) is 147 Å². The molecule has 2 heterocycles. The van der Waals surface area contributed by atoms with E-state index in [1.54, 1.807) is 0 Å². The molecule has 0 radical (unpaired) electrons. The summed E-state index contributed by atoms with van der Waals surface area (Å²) in [6.45, 7) is 6.29. The van der Waals surface area contributed by atoms with Crippen LogP contribution in [0.25, 0.3) is 0 Å². The highest BCUT2D eigenvalue weighted by molar-refractivity contribution is 5.96. The van der Waals surface area contributed by atoms with Crippen molar-refractivity contribution >= 4 is 34.8 Å². The highest BCUT2D eigenvalue weighted by atomic mass is 16.5. The van der Waals surface area contributed by atoms with Crippen LogP contribution >= 0.6 is 0 Å². The number of aryl methyl sites for hydroxylation is 1. The lowest BCUT2D eigenvalue weighted by molar-refractivity contribution is -0.124. The summed E-state index contributed by atoms with van der Waals surface area (Å²) in [4.78, 5) is 35.3. The Morgan fingerprint density at radius 2 is 1.86 bits per heavy atom. The van der Waals surface area contributed by atoms with Crippen LogP contribution in [0, 0.1) is 0 Å². The minimum atomic E-state index is -0.644. The van der Waals surface area contributed by atoms with Gasteiger partial charge in [0, 0.05) is 43.7 Å². The third-order valence-electron chi connectivity index (χ3n) is 6.13. The fraction of sp³-hybridized carbons (Fsp3) is 0.520. The molecule has 3 rings (SSSR count). The molecule has 11 nitrogen and oxygen atoms in total. The number of aromatic nitrogens is 2. The molecule has 1 aliphatic heterocycles. The Bertz CT molecular complexity index is 1040. The van der Waals surface area contributed by atoms with E-state index in [2.05, 4.69) is 26.3 Å². The van der Waals surface area contributed by atoms with Crippen molar-refractivity contribution in [2.24, 2.45) is 5.73 Å². The summed E-state index contributed by atoms with van der Waals surface area (Å²) in [6.07, 6.45) is 2.38. The first-order chi connectivity index (χ1) is 17.3. The van der Waals surface area contributed by atoms with Gasteiger partial charge in [-0.3, -0.25) is 14.5 Å². The number of benzene rings is 1. The average molecular weight is 499 g/mol. The molecule has 0 bridgehead atoms. The van der Waals surface area contributed by atoms with Crippen LogP contribution in [-0.2, 0) is 16.0 Å². The molecular formula is C25H38N8O3. The number of amides is 2. The number of nitrogens with two attached hydrogens (primary N) is 1. The van der Waals surface area contributed by atoms with E-state index in [1.807, 2.05) is 57.1 Å². The largest absolute Gasteiger partial charge is 0.383 e. The lowest BCUT2D eigenvalue weighted by Gasteiger charge is -2.25. The second-order valence-electron chi connectivity index (χ2n) is 9.03. The van der Waals surface area contributed by atoms with Crippen molar-refractivity contribution in [3.8, 4) is 0 Å². The molecule has 1 aromatic heterocycles. The highest BCUT2D eigenvalue weighted by Crippen LogP contribution is 2.25. The Morgan fingerprint density at radius 3 is 2.53 bits per heavy atom. The fourth-order valence-corrected chi connectivity index (χ4v) is 3.74. The lowest BCUT2D eigenvalue weighted by Crippen LogP contribution is -2.42. The normalized spacial score (nSPS) is 14.8. The van der Waals surface area contributed by atoms with Crippen molar-refractivity contribution < 1.29 is 14.3 Å². The van der Waals surface area contributed by atoms with Crippen molar-refractivity contribution in [2.45, 2.75) is 45.2 Å². The summed E-state index contributed by atoms with van der Waals surface area (Å²) in [5, 5.41) is 12.9. The number of carbonyl (C=O) groups is 2.